The van der Waals surface area contributed by atoms with Gasteiger partial charge in [-0.05, 0) is 44.4 Å². The molecular weight excluding hydrogens is 210 g/mol. The highest BCUT2D eigenvalue weighted by atomic mass is 15.1. The lowest BCUT2D eigenvalue weighted by molar-refractivity contribution is 0.382. The number of nitrogens with two attached hydrogens (primary N) is 1. The molecule has 0 radical (unpaired) electrons. The lowest BCUT2D eigenvalue weighted by atomic mass is 9.98. The van der Waals surface area contributed by atoms with Crippen LogP contribution in [-0.4, -0.2) is 15.6 Å². The van der Waals surface area contributed by atoms with Crippen molar-refractivity contribution in [3.8, 4) is 0 Å². The monoisotopic (exact) mass is 233 g/mol. The average Bonchev–Trinajstić information content (AvgIpc) is 2.98. The van der Waals surface area contributed by atoms with E-state index in [4.69, 9.17) is 5.73 Å². The van der Waals surface area contributed by atoms with Crippen molar-refractivity contribution in [2.24, 2.45) is 11.7 Å². The summed E-state index contributed by atoms with van der Waals surface area (Å²) in [4.78, 5) is 4.54. The van der Waals surface area contributed by atoms with E-state index in [2.05, 4.69) is 9.55 Å². The van der Waals surface area contributed by atoms with Crippen LogP contribution in [0.2, 0.25) is 0 Å². The molecule has 94 valence electrons. The SMILES string of the molecule is NC(Cn1cnc2c1CCCC2)C1CCCC1. The quantitative estimate of drug-likeness (QED) is 0.870. The number of nitrogens with zero attached hydrogens (tertiary/aromatic N) is 2. The van der Waals surface area contributed by atoms with Crippen LogP contribution in [0.4, 0.5) is 0 Å². The van der Waals surface area contributed by atoms with Crippen molar-refractivity contribution in [1.29, 1.82) is 0 Å². The molecule has 2 aliphatic rings. The molecule has 1 unspecified atom stereocenters. The number of aromatic nitrogens is 2. The van der Waals surface area contributed by atoms with Gasteiger partial charge in [0.15, 0.2) is 0 Å². The molecule has 1 heterocycles. The number of aryl methyl sites for hydroxylation is 1. The van der Waals surface area contributed by atoms with E-state index >= 15 is 0 Å². The first-order chi connectivity index (χ1) is 8.34. The molecule has 0 aromatic carbocycles. The van der Waals surface area contributed by atoms with Gasteiger partial charge in [-0.3, -0.25) is 0 Å². The largest absolute Gasteiger partial charge is 0.333 e. The van der Waals surface area contributed by atoms with Gasteiger partial charge in [-0.2, -0.15) is 0 Å². The maximum Gasteiger partial charge on any atom is 0.0952 e. The summed E-state index contributed by atoms with van der Waals surface area (Å²) in [6.07, 6.45) is 12.4. The first-order valence-corrected chi connectivity index (χ1v) is 7.13. The van der Waals surface area contributed by atoms with Crippen LogP contribution in [0, 0.1) is 5.92 Å². The van der Waals surface area contributed by atoms with Gasteiger partial charge in [0.05, 0.1) is 12.0 Å². The minimum absolute atomic E-state index is 0.331. The second kappa shape index (κ2) is 4.81. The first-order valence-electron chi connectivity index (χ1n) is 7.13. The average molecular weight is 233 g/mol. The van der Waals surface area contributed by atoms with Crippen molar-refractivity contribution in [3.63, 3.8) is 0 Å². The molecule has 1 saturated carbocycles. The molecule has 2 N–H and O–H groups in total. The normalized spacial score (nSPS) is 22.6. The van der Waals surface area contributed by atoms with Crippen LogP contribution in [-0.2, 0) is 19.4 Å². The Kier molecular flexibility index (Phi) is 3.19. The van der Waals surface area contributed by atoms with Crippen LogP contribution in [0.15, 0.2) is 6.33 Å². The molecule has 1 fully saturated rings. The minimum atomic E-state index is 0.331. The van der Waals surface area contributed by atoms with Crippen LogP contribution >= 0.6 is 0 Å². The molecule has 0 spiro atoms. The van der Waals surface area contributed by atoms with E-state index in [1.54, 1.807) is 0 Å². The van der Waals surface area contributed by atoms with Gasteiger partial charge < -0.3 is 10.3 Å². The van der Waals surface area contributed by atoms with E-state index in [9.17, 15) is 0 Å². The topological polar surface area (TPSA) is 43.8 Å². The van der Waals surface area contributed by atoms with Crippen LogP contribution in [0.3, 0.4) is 0 Å². The highest BCUT2D eigenvalue weighted by Crippen LogP contribution is 2.28. The standard InChI is InChI=1S/C14H23N3/c15-12(11-5-1-2-6-11)9-17-10-16-13-7-3-4-8-14(13)17/h10-12H,1-9,15H2. The molecule has 1 aromatic heterocycles. The molecule has 0 aliphatic heterocycles. The first kappa shape index (κ1) is 11.3. The molecule has 3 rings (SSSR count). The van der Waals surface area contributed by atoms with Gasteiger partial charge in [0.25, 0.3) is 0 Å². The lowest BCUT2D eigenvalue weighted by Gasteiger charge is -2.21. The molecule has 3 heteroatoms. The Balaban J connectivity index is 1.69. The Labute approximate surface area is 103 Å². The zero-order valence-corrected chi connectivity index (χ0v) is 10.6. The maximum atomic E-state index is 6.35. The molecule has 1 atom stereocenters. The molecule has 2 aliphatic carbocycles. The van der Waals surface area contributed by atoms with E-state index in [-0.39, 0.29) is 0 Å². The van der Waals surface area contributed by atoms with Gasteiger partial charge in [-0.1, -0.05) is 12.8 Å². The van der Waals surface area contributed by atoms with Gasteiger partial charge in [-0.15, -0.1) is 0 Å². The molecule has 0 saturated heterocycles. The predicted octanol–water partition coefficient (Wildman–Crippen LogP) is 2.28. The lowest BCUT2D eigenvalue weighted by Crippen LogP contribution is -2.33. The third-order valence-electron chi connectivity index (χ3n) is 4.52. The third-order valence-corrected chi connectivity index (χ3v) is 4.52. The summed E-state index contributed by atoms with van der Waals surface area (Å²) in [6.45, 7) is 0.979. The summed E-state index contributed by atoms with van der Waals surface area (Å²) in [6, 6.07) is 0.331. The van der Waals surface area contributed by atoms with Crippen molar-refractivity contribution >= 4 is 0 Å². The van der Waals surface area contributed by atoms with Crippen LogP contribution < -0.4 is 5.73 Å². The van der Waals surface area contributed by atoms with E-state index < -0.39 is 0 Å². The zero-order valence-electron chi connectivity index (χ0n) is 10.6. The van der Waals surface area contributed by atoms with Gasteiger partial charge in [0.1, 0.15) is 0 Å². The van der Waals surface area contributed by atoms with E-state index in [0.717, 1.165) is 12.5 Å². The van der Waals surface area contributed by atoms with Crippen molar-refractivity contribution in [3.05, 3.63) is 17.7 Å². The number of hydrogen-bond donors (Lipinski definition) is 1. The summed E-state index contributed by atoms with van der Waals surface area (Å²) in [5.41, 5.74) is 9.15. The summed E-state index contributed by atoms with van der Waals surface area (Å²) < 4.78 is 2.33. The summed E-state index contributed by atoms with van der Waals surface area (Å²) in [7, 11) is 0. The van der Waals surface area contributed by atoms with Crippen molar-refractivity contribution in [2.45, 2.75) is 64.0 Å². The fourth-order valence-electron chi connectivity index (χ4n) is 3.45. The number of rotatable bonds is 3. The Hall–Kier alpha value is -0.830. The summed E-state index contributed by atoms with van der Waals surface area (Å²) in [5, 5.41) is 0. The zero-order chi connectivity index (χ0) is 11.7. The Morgan fingerprint density at radius 1 is 1.24 bits per heavy atom. The molecule has 0 bridgehead atoms. The van der Waals surface area contributed by atoms with Crippen molar-refractivity contribution in [1.82, 2.24) is 9.55 Å². The Morgan fingerprint density at radius 2 is 2.00 bits per heavy atom. The number of imidazole rings is 1. The molecule has 17 heavy (non-hydrogen) atoms. The van der Waals surface area contributed by atoms with Crippen LogP contribution in [0.1, 0.15) is 49.9 Å². The van der Waals surface area contributed by atoms with Crippen molar-refractivity contribution in [2.75, 3.05) is 0 Å². The molecule has 3 nitrogen and oxygen atoms in total. The maximum absolute atomic E-state index is 6.35. The van der Waals surface area contributed by atoms with E-state index in [0.29, 0.717) is 6.04 Å². The fraction of sp³-hybridized carbons (Fsp3) is 0.786. The summed E-state index contributed by atoms with van der Waals surface area (Å²) in [5.74, 6) is 0.747. The molecule has 0 amide bonds. The number of fused-ring (bicyclic) bond motifs is 1. The molecule has 1 aromatic rings. The van der Waals surface area contributed by atoms with Gasteiger partial charge in [0, 0.05) is 18.3 Å². The van der Waals surface area contributed by atoms with E-state index in [1.165, 1.54) is 62.8 Å². The smallest absolute Gasteiger partial charge is 0.0952 e. The second-order valence-corrected chi connectivity index (χ2v) is 5.71. The predicted molar refractivity (Wildman–Crippen MR) is 68.8 cm³/mol. The highest BCUT2D eigenvalue weighted by Gasteiger charge is 2.24. The van der Waals surface area contributed by atoms with Crippen LogP contribution in [0.25, 0.3) is 0 Å². The Bertz CT molecular complexity index is 377. The van der Waals surface area contributed by atoms with E-state index in [1.807, 2.05) is 6.33 Å². The number of hydrogen-bond acceptors (Lipinski definition) is 2. The minimum Gasteiger partial charge on any atom is -0.333 e. The highest BCUT2D eigenvalue weighted by molar-refractivity contribution is 5.16. The summed E-state index contributed by atoms with van der Waals surface area (Å²) >= 11 is 0. The van der Waals surface area contributed by atoms with Crippen LogP contribution in [0.5, 0.6) is 0 Å². The van der Waals surface area contributed by atoms with Crippen molar-refractivity contribution < 1.29 is 0 Å². The van der Waals surface area contributed by atoms with Gasteiger partial charge in [-0.25, -0.2) is 4.98 Å². The second-order valence-electron chi connectivity index (χ2n) is 5.71. The van der Waals surface area contributed by atoms with Gasteiger partial charge >= 0.3 is 0 Å². The Morgan fingerprint density at radius 3 is 2.82 bits per heavy atom. The molecular formula is C14H23N3. The third kappa shape index (κ3) is 2.25. The fourth-order valence-corrected chi connectivity index (χ4v) is 3.45. The van der Waals surface area contributed by atoms with Gasteiger partial charge in [0.2, 0.25) is 0 Å².